The Morgan fingerprint density at radius 1 is 1.13 bits per heavy atom. The van der Waals surface area contributed by atoms with Crippen molar-refractivity contribution in [3.05, 3.63) is 58.9 Å². The Morgan fingerprint density at radius 2 is 1.87 bits per heavy atom. The Balaban J connectivity index is 1.39. The van der Waals surface area contributed by atoms with Crippen LogP contribution in [0.1, 0.15) is 30.9 Å². The van der Waals surface area contributed by atoms with Crippen molar-refractivity contribution >= 4 is 17.6 Å². The number of nitrogens with one attached hydrogen (secondary N) is 2. The van der Waals surface area contributed by atoms with E-state index in [2.05, 4.69) is 39.6 Å². The molecule has 1 saturated heterocycles. The minimum Gasteiger partial charge on any atom is -0.497 e. The first-order chi connectivity index (χ1) is 15.2. The summed E-state index contributed by atoms with van der Waals surface area (Å²) in [4.78, 5) is 11.5. The van der Waals surface area contributed by atoms with E-state index in [9.17, 15) is 0 Å². The molecule has 1 aliphatic rings. The van der Waals surface area contributed by atoms with Crippen LogP contribution < -0.4 is 15.4 Å². The Morgan fingerprint density at radius 3 is 2.52 bits per heavy atom. The number of nitrogens with zero attached hydrogens (tertiary/aromatic N) is 3. The van der Waals surface area contributed by atoms with Crippen LogP contribution in [0.5, 0.6) is 5.75 Å². The number of aromatic nitrogens is 1. The van der Waals surface area contributed by atoms with Crippen molar-refractivity contribution in [1.29, 1.82) is 0 Å². The third-order valence-corrected chi connectivity index (χ3v) is 5.84. The third-order valence-electron chi connectivity index (χ3n) is 5.62. The van der Waals surface area contributed by atoms with Gasteiger partial charge in [0.2, 0.25) is 0 Å². The highest BCUT2D eigenvalue weighted by Gasteiger charge is 2.19. The second kappa shape index (κ2) is 12.5. The monoisotopic (exact) mass is 443 g/mol. The fraction of sp³-hybridized carbons (Fsp3) is 0.500. The second-order valence-corrected chi connectivity index (χ2v) is 8.34. The van der Waals surface area contributed by atoms with E-state index in [1.807, 2.05) is 30.5 Å². The van der Waals surface area contributed by atoms with Crippen molar-refractivity contribution in [2.24, 2.45) is 10.9 Å². The van der Waals surface area contributed by atoms with Gasteiger partial charge in [-0.2, -0.15) is 0 Å². The van der Waals surface area contributed by atoms with Crippen LogP contribution >= 0.6 is 11.6 Å². The van der Waals surface area contributed by atoms with Crippen LogP contribution in [0.15, 0.2) is 47.6 Å². The van der Waals surface area contributed by atoms with Gasteiger partial charge in [0, 0.05) is 32.4 Å². The molecule has 2 heterocycles. The molecule has 0 unspecified atom stereocenters. The molecule has 0 bridgehead atoms. The van der Waals surface area contributed by atoms with Crippen LogP contribution in [0.25, 0.3) is 0 Å². The van der Waals surface area contributed by atoms with Gasteiger partial charge in [-0.1, -0.05) is 29.8 Å². The Labute approximate surface area is 191 Å². The van der Waals surface area contributed by atoms with Crippen molar-refractivity contribution in [3.8, 4) is 5.75 Å². The Hall–Kier alpha value is -2.31. The number of piperidine rings is 1. The minimum atomic E-state index is 0.529. The molecule has 1 aromatic heterocycles. The standard InChI is InChI=1S/C24H34ClN5O/c1-3-26-24(27-13-10-19-6-9-23(25)28-16-19)29-17-20-11-14-30(15-12-20)18-21-4-7-22(31-2)8-5-21/h4-9,16,20H,3,10-15,17-18H2,1-2H3,(H2,26,27,29). The molecule has 1 fully saturated rings. The lowest BCUT2D eigenvalue weighted by atomic mass is 9.96. The van der Waals surface area contributed by atoms with E-state index in [0.717, 1.165) is 63.0 Å². The number of rotatable bonds is 9. The van der Waals surface area contributed by atoms with Crippen LogP contribution in [-0.4, -0.2) is 55.7 Å². The first-order valence-electron chi connectivity index (χ1n) is 11.1. The van der Waals surface area contributed by atoms with Gasteiger partial charge >= 0.3 is 0 Å². The topological polar surface area (TPSA) is 61.8 Å². The number of hydrogen-bond acceptors (Lipinski definition) is 4. The quantitative estimate of drug-likeness (QED) is 0.351. The van der Waals surface area contributed by atoms with Crippen LogP contribution in [-0.2, 0) is 13.0 Å². The highest BCUT2D eigenvalue weighted by Crippen LogP contribution is 2.20. The Bertz CT molecular complexity index is 802. The molecule has 0 spiro atoms. The van der Waals surface area contributed by atoms with E-state index < -0.39 is 0 Å². The molecule has 6 nitrogen and oxygen atoms in total. The zero-order chi connectivity index (χ0) is 21.9. The molecule has 7 heteroatoms. The molecule has 0 saturated carbocycles. The summed E-state index contributed by atoms with van der Waals surface area (Å²) in [6.45, 7) is 7.89. The van der Waals surface area contributed by atoms with Gasteiger partial charge in [-0.25, -0.2) is 4.98 Å². The van der Waals surface area contributed by atoms with Crippen molar-refractivity contribution in [3.63, 3.8) is 0 Å². The number of pyridine rings is 1. The van der Waals surface area contributed by atoms with Gasteiger partial charge in [-0.05, 0) is 74.5 Å². The van der Waals surface area contributed by atoms with Gasteiger partial charge in [-0.3, -0.25) is 9.89 Å². The van der Waals surface area contributed by atoms with Crippen LogP contribution in [0.4, 0.5) is 0 Å². The zero-order valence-corrected chi connectivity index (χ0v) is 19.4. The number of benzene rings is 1. The number of halogens is 1. The lowest BCUT2D eigenvalue weighted by Gasteiger charge is -2.31. The van der Waals surface area contributed by atoms with E-state index in [-0.39, 0.29) is 0 Å². The number of likely N-dealkylation sites (tertiary alicyclic amines) is 1. The van der Waals surface area contributed by atoms with Crippen molar-refractivity contribution in [2.45, 2.75) is 32.7 Å². The summed E-state index contributed by atoms with van der Waals surface area (Å²) in [5.41, 5.74) is 2.50. The van der Waals surface area contributed by atoms with Crippen molar-refractivity contribution < 1.29 is 4.74 Å². The fourth-order valence-electron chi connectivity index (χ4n) is 3.76. The van der Waals surface area contributed by atoms with Gasteiger partial charge in [0.15, 0.2) is 5.96 Å². The lowest BCUT2D eigenvalue weighted by Crippen LogP contribution is -2.39. The molecule has 0 aliphatic carbocycles. The summed E-state index contributed by atoms with van der Waals surface area (Å²) in [5.74, 6) is 2.45. The molecule has 2 N–H and O–H groups in total. The zero-order valence-electron chi connectivity index (χ0n) is 18.6. The van der Waals surface area contributed by atoms with Crippen LogP contribution in [0, 0.1) is 5.92 Å². The first-order valence-corrected chi connectivity index (χ1v) is 11.5. The Kier molecular flexibility index (Phi) is 9.43. The second-order valence-electron chi connectivity index (χ2n) is 7.95. The predicted molar refractivity (Wildman–Crippen MR) is 128 cm³/mol. The van der Waals surface area contributed by atoms with Gasteiger partial charge in [0.25, 0.3) is 0 Å². The molecule has 0 atom stereocenters. The average Bonchev–Trinajstić information content (AvgIpc) is 2.80. The highest BCUT2D eigenvalue weighted by molar-refractivity contribution is 6.29. The maximum absolute atomic E-state index is 5.85. The maximum atomic E-state index is 5.85. The van der Waals surface area contributed by atoms with Crippen molar-refractivity contribution in [1.82, 2.24) is 20.5 Å². The minimum absolute atomic E-state index is 0.529. The molecule has 0 radical (unpaired) electrons. The van der Waals surface area contributed by atoms with Crippen LogP contribution in [0.3, 0.4) is 0 Å². The summed E-state index contributed by atoms with van der Waals surface area (Å²) in [7, 11) is 1.70. The number of ether oxygens (including phenoxy) is 1. The van der Waals surface area contributed by atoms with Crippen molar-refractivity contribution in [2.75, 3.05) is 39.8 Å². The normalized spacial score (nSPS) is 15.6. The fourth-order valence-corrected chi connectivity index (χ4v) is 3.87. The van der Waals surface area contributed by atoms with E-state index in [1.54, 1.807) is 7.11 Å². The highest BCUT2D eigenvalue weighted by atomic mass is 35.5. The molecule has 3 rings (SSSR count). The molecule has 2 aromatic rings. The van der Waals surface area contributed by atoms with Gasteiger partial charge in [-0.15, -0.1) is 0 Å². The molecule has 1 aromatic carbocycles. The molecular formula is C24H34ClN5O. The van der Waals surface area contributed by atoms with E-state index >= 15 is 0 Å². The summed E-state index contributed by atoms with van der Waals surface area (Å²) in [6.07, 6.45) is 5.09. The summed E-state index contributed by atoms with van der Waals surface area (Å²) < 4.78 is 5.24. The first kappa shape index (κ1) is 23.4. The molecule has 0 amide bonds. The van der Waals surface area contributed by atoms with E-state index in [4.69, 9.17) is 21.3 Å². The smallest absolute Gasteiger partial charge is 0.191 e. The van der Waals surface area contributed by atoms with Crippen LogP contribution in [0.2, 0.25) is 5.15 Å². The van der Waals surface area contributed by atoms with E-state index in [1.165, 1.54) is 18.4 Å². The lowest BCUT2D eigenvalue weighted by molar-refractivity contribution is 0.180. The molecular weight excluding hydrogens is 410 g/mol. The van der Waals surface area contributed by atoms with E-state index in [0.29, 0.717) is 11.1 Å². The summed E-state index contributed by atoms with van der Waals surface area (Å²) in [6, 6.07) is 12.2. The van der Waals surface area contributed by atoms with Gasteiger partial charge in [0.05, 0.1) is 7.11 Å². The average molecular weight is 444 g/mol. The number of methoxy groups -OCH3 is 1. The predicted octanol–water partition coefficient (Wildman–Crippen LogP) is 3.75. The summed E-state index contributed by atoms with van der Waals surface area (Å²) in [5, 5.41) is 7.31. The van der Waals surface area contributed by atoms with Gasteiger partial charge < -0.3 is 15.4 Å². The molecule has 31 heavy (non-hydrogen) atoms. The molecule has 1 aliphatic heterocycles. The maximum Gasteiger partial charge on any atom is 0.191 e. The number of aliphatic imine (C=N–C) groups is 1. The SMILES string of the molecule is CCNC(=NCC1CCN(Cc2ccc(OC)cc2)CC1)NCCc1ccc(Cl)nc1. The largest absolute Gasteiger partial charge is 0.497 e. The van der Waals surface area contributed by atoms with Gasteiger partial charge in [0.1, 0.15) is 10.9 Å². The third kappa shape index (κ3) is 8.04. The number of hydrogen-bond donors (Lipinski definition) is 2. The molecule has 168 valence electrons. The summed E-state index contributed by atoms with van der Waals surface area (Å²) >= 11 is 5.85. The number of guanidine groups is 1.